The summed E-state index contributed by atoms with van der Waals surface area (Å²) in [5.74, 6) is 0.808. The van der Waals surface area contributed by atoms with Crippen LogP contribution in [0.3, 0.4) is 0 Å². The third-order valence-electron chi connectivity index (χ3n) is 1.87. The summed E-state index contributed by atoms with van der Waals surface area (Å²) in [7, 11) is 0. The monoisotopic (exact) mass is 196 g/mol. The number of aryl methyl sites for hydroxylation is 1. The largest absolute Gasteiger partial charge is 0.395 e. The minimum atomic E-state index is 0.144. The summed E-state index contributed by atoms with van der Waals surface area (Å²) in [4.78, 5) is 2.05. The van der Waals surface area contributed by atoms with Crippen LogP contribution in [0, 0.1) is 6.92 Å². The lowest BCUT2D eigenvalue weighted by Crippen LogP contribution is -2.26. The molecule has 1 rings (SSSR count). The van der Waals surface area contributed by atoms with E-state index in [0.717, 1.165) is 18.0 Å². The number of hydrogen-bond donors (Lipinski definition) is 1. The number of aromatic nitrogens is 1. The van der Waals surface area contributed by atoms with Crippen molar-refractivity contribution in [3.63, 3.8) is 0 Å². The van der Waals surface area contributed by atoms with Crippen molar-refractivity contribution in [1.82, 2.24) is 10.1 Å². The molecule has 0 unspecified atom stereocenters. The Morgan fingerprint density at radius 2 is 2.50 bits per heavy atom. The van der Waals surface area contributed by atoms with Gasteiger partial charge in [0.2, 0.25) is 0 Å². The van der Waals surface area contributed by atoms with Crippen LogP contribution in [0.15, 0.2) is 23.2 Å². The summed E-state index contributed by atoms with van der Waals surface area (Å²) < 4.78 is 4.96. The molecule has 1 aromatic heterocycles. The molecule has 0 saturated carbocycles. The first-order chi connectivity index (χ1) is 6.76. The van der Waals surface area contributed by atoms with Gasteiger partial charge in [-0.15, -0.1) is 6.58 Å². The fraction of sp³-hybridized carbons (Fsp3) is 0.500. The van der Waals surface area contributed by atoms with Gasteiger partial charge in [-0.25, -0.2) is 0 Å². The van der Waals surface area contributed by atoms with Crippen molar-refractivity contribution >= 4 is 0 Å². The van der Waals surface area contributed by atoms with E-state index >= 15 is 0 Å². The highest BCUT2D eigenvalue weighted by molar-refractivity contribution is 5.03. The number of rotatable bonds is 6. The van der Waals surface area contributed by atoms with Gasteiger partial charge in [-0.1, -0.05) is 11.2 Å². The van der Waals surface area contributed by atoms with Crippen LogP contribution in [0.2, 0.25) is 0 Å². The maximum absolute atomic E-state index is 8.83. The van der Waals surface area contributed by atoms with Gasteiger partial charge in [-0.2, -0.15) is 0 Å². The first-order valence-electron chi connectivity index (χ1n) is 4.62. The maximum Gasteiger partial charge on any atom is 0.133 e. The predicted molar refractivity (Wildman–Crippen MR) is 53.8 cm³/mol. The minimum absolute atomic E-state index is 0.144. The summed E-state index contributed by atoms with van der Waals surface area (Å²) in [6.07, 6.45) is 1.81. The smallest absolute Gasteiger partial charge is 0.133 e. The first kappa shape index (κ1) is 10.9. The second-order valence-electron chi connectivity index (χ2n) is 3.18. The molecule has 0 aliphatic rings. The maximum atomic E-state index is 8.83. The molecule has 4 nitrogen and oxygen atoms in total. The van der Waals surface area contributed by atoms with Gasteiger partial charge in [0.15, 0.2) is 0 Å². The fourth-order valence-corrected chi connectivity index (χ4v) is 1.28. The molecule has 0 aromatic carbocycles. The second kappa shape index (κ2) is 5.57. The Balaban J connectivity index is 2.49. The van der Waals surface area contributed by atoms with Crippen LogP contribution in [0.1, 0.15) is 11.5 Å². The lowest BCUT2D eigenvalue weighted by molar-refractivity contribution is 0.200. The van der Waals surface area contributed by atoms with Crippen molar-refractivity contribution in [3.8, 4) is 0 Å². The lowest BCUT2D eigenvalue weighted by atomic mass is 10.3. The molecule has 0 atom stereocenters. The van der Waals surface area contributed by atoms with Crippen LogP contribution in [-0.4, -0.2) is 34.9 Å². The number of aliphatic hydroxyl groups excluding tert-OH is 1. The van der Waals surface area contributed by atoms with Gasteiger partial charge in [-0.3, -0.25) is 4.90 Å². The van der Waals surface area contributed by atoms with Gasteiger partial charge in [-0.05, 0) is 6.92 Å². The Hall–Kier alpha value is -1.13. The summed E-state index contributed by atoms with van der Waals surface area (Å²) in [6.45, 7) is 7.72. The molecule has 1 aromatic rings. The van der Waals surface area contributed by atoms with Gasteiger partial charge in [0.05, 0.1) is 12.3 Å². The topological polar surface area (TPSA) is 49.5 Å². The molecular formula is C10H16N2O2. The molecule has 78 valence electrons. The van der Waals surface area contributed by atoms with Crippen LogP contribution in [0.5, 0.6) is 0 Å². The highest BCUT2D eigenvalue weighted by Crippen LogP contribution is 2.05. The van der Waals surface area contributed by atoms with E-state index in [1.54, 1.807) is 0 Å². The van der Waals surface area contributed by atoms with E-state index in [1.807, 2.05) is 24.0 Å². The number of hydrogen-bond acceptors (Lipinski definition) is 4. The third-order valence-corrected chi connectivity index (χ3v) is 1.87. The summed E-state index contributed by atoms with van der Waals surface area (Å²) >= 11 is 0. The van der Waals surface area contributed by atoms with E-state index in [9.17, 15) is 0 Å². The zero-order valence-corrected chi connectivity index (χ0v) is 8.44. The molecule has 1 heterocycles. The van der Waals surface area contributed by atoms with E-state index < -0.39 is 0 Å². The van der Waals surface area contributed by atoms with Crippen molar-refractivity contribution in [2.24, 2.45) is 0 Å². The SMILES string of the molecule is C=CCN(CCO)Cc1cc(C)on1. The molecule has 4 heteroatoms. The zero-order valence-electron chi connectivity index (χ0n) is 8.44. The first-order valence-corrected chi connectivity index (χ1v) is 4.62. The predicted octanol–water partition coefficient (Wildman–Crippen LogP) is 0.963. The summed E-state index contributed by atoms with van der Waals surface area (Å²) in [5.41, 5.74) is 0.887. The molecule has 14 heavy (non-hydrogen) atoms. The zero-order chi connectivity index (χ0) is 10.4. The van der Waals surface area contributed by atoms with E-state index in [2.05, 4.69) is 11.7 Å². The van der Waals surface area contributed by atoms with E-state index in [1.165, 1.54) is 0 Å². The van der Waals surface area contributed by atoms with Crippen LogP contribution >= 0.6 is 0 Å². The average molecular weight is 196 g/mol. The number of nitrogens with zero attached hydrogens (tertiary/aromatic N) is 2. The average Bonchev–Trinajstić information content (AvgIpc) is 2.52. The standard InChI is InChI=1S/C10H16N2O2/c1-3-4-12(5-6-13)8-10-7-9(2)14-11-10/h3,7,13H,1,4-6,8H2,2H3. The van der Waals surface area contributed by atoms with Gasteiger partial charge in [0, 0.05) is 25.7 Å². The van der Waals surface area contributed by atoms with Crippen LogP contribution < -0.4 is 0 Å². The van der Waals surface area contributed by atoms with Gasteiger partial charge in [0.1, 0.15) is 5.76 Å². The van der Waals surface area contributed by atoms with Crippen molar-refractivity contribution in [2.75, 3.05) is 19.7 Å². The number of aliphatic hydroxyl groups is 1. The molecule has 0 amide bonds. The lowest BCUT2D eigenvalue weighted by Gasteiger charge is -2.17. The Kier molecular flexibility index (Phi) is 4.35. The quantitative estimate of drug-likeness (QED) is 0.688. The Bertz CT molecular complexity index is 283. The molecule has 0 aliphatic carbocycles. The van der Waals surface area contributed by atoms with Gasteiger partial charge in [0.25, 0.3) is 0 Å². The Morgan fingerprint density at radius 1 is 1.71 bits per heavy atom. The van der Waals surface area contributed by atoms with Gasteiger partial charge >= 0.3 is 0 Å². The van der Waals surface area contributed by atoms with Crippen molar-refractivity contribution in [1.29, 1.82) is 0 Å². The molecule has 0 aliphatic heterocycles. The molecule has 1 N–H and O–H groups in total. The molecule has 0 spiro atoms. The Labute approximate surface area is 83.8 Å². The minimum Gasteiger partial charge on any atom is -0.395 e. The van der Waals surface area contributed by atoms with Crippen molar-refractivity contribution < 1.29 is 9.63 Å². The van der Waals surface area contributed by atoms with Crippen LogP contribution in [-0.2, 0) is 6.54 Å². The summed E-state index contributed by atoms with van der Waals surface area (Å²) in [5, 5.41) is 12.7. The molecule has 0 radical (unpaired) electrons. The van der Waals surface area contributed by atoms with E-state index in [-0.39, 0.29) is 6.61 Å². The van der Waals surface area contributed by atoms with E-state index in [4.69, 9.17) is 9.63 Å². The van der Waals surface area contributed by atoms with E-state index in [0.29, 0.717) is 13.1 Å². The molecular weight excluding hydrogens is 180 g/mol. The highest BCUT2D eigenvalue weighted by atomic mass is 16.5. The fourth-order valence-electron chi connectivity index (χ4n) is 1.28. The van der Waals surface area contributed by atoms with Crippen molar-refractivity contribution in [2.45, 2.75) is 13.5 Å². The van der Waals surface area contributed by atoms with Crippen molar-refractivity contribution in [3.05, 3.63) is 30.2 Å². The third kappa shape index (κ3) is 3.32. The summed E-state index contributed by atoms with van der Waals surface area (Å²) in [6, 6.07) is 1.90. The molecule has 0 fully saturated rings. The van der Waals surface area contributed by atoms with Crippen LogP contribution in [0.25, 0.3) is 0 Å². The highest BCUT2D eigenvalue weighted by Gasteiger charge is 2.06. The molecule has 0 bridgehead atoms. The normalized spacial score (nSPS) is 10.8. The Morgan fingerprint density at radius 3 is 3.00 bits per heavy atom. The van der Waals surface area contributed by atoms with Gasteiger partial charge < -0.3 is 9.63 Å². The van der Waals surface area contributed by atoms with Crippen LogP contribution in [0.4, 0.5) is 0 Å². The second-order valence-corrected chi connectivity index (χ2v) is 3.18. The molecule has 0 saturated heterocycles.